The van der Waals surface area contributed by atoms with Crippen LogP contribution in [-0.4, -0.2) is 33.3 Å². The van der Waals surface area contributed by atoms with Crippen molar-refractivity contribution in [1.29, 1.82) is 0 Å². The first-order valence-electron chi connectivity index (χ1n) is 10.2. The van der Waals surface area contributed by atoms with Gasteiger partial charge in [-0.15, -0.1) is 0 Å². The molecule has 178 valence electrons. The van der Waals surface area contributed by atoms with Crippen LogP contribution in [0.5, 0.6) is 5.75 Å². The number of hydrazone groups is 1. The van der Waals surface area contributed by atoms with Crippen LogP contribution >= 0.6 is 23.2 Å². The molecule has 3 aromatic rings. The Hall–Kier alpha value is -3.07. The highest BCUT2D eigenvalue weighted by Gasteiger charge is 2.22. The van der Waals surface area contributed by atoms with Gasteiger partial charge in [0.2, 0.25) is 10.0 Å². The number of carbonyl (C=O) groups excluding carboxylic acids is 1. The van der Waals surface area contributed by atoms with E-state index in [0.29, 0.717) is 33.7 Å². The summed E-state index contributed by atoms with van der Waals surface area (Å²) < 4.78 is 31.3. The van der Waals surface area contributed by atoms with Crippen LogP contribution in [0.4, 0.5) is 5.69 Å². The summed E-state index contributed by atoms with van der Waals surface area (Å²) >= 11 is 12.1. The van der Waals surface area contributed by atoms with E-state index in [-0.39, 0.29) is 0 Å². The third-order valence-corrected chi connectivity index (χ3v) is 6.49. The monoisotopic (exact) mass is 519 g/mol. The first kappa shape index (κ1) is 25.6. The number of sulfonamides is 1. The lowest BCUT2D eigenvalue weighted by atomic mass is 10.2. The number of carbonyl (C=O) groups is 1. The molecule has 1 amide bonds. The molecule has 10 heteroatoms. The number of ether oxygens (including phenoxy) is 1. The van der Waals surface area contributed by atoms with E-state index in [1.165, 1.54) is 12.3 Å². The fourth-order valence-corrected chi connectivity index (χ4v) is 4.27. The lowest BCUT2D eigenvalue weighted by Gasteiger charge is -2.23. The molecule has 34 heavy (non-hydrogen) atoms. The van der Waals surface area contributed by atoms with Gasteiger partial charge in [-0.3, -0.25) is 9.10 Å². The first-order chi connectivity index (χ1) is 16.1. The minimum atomic E-state index is -3.72. The molecular weight excluding hydrogens is 497 g/mol. The number of nitrogens with zero attached hydrogens (tertiary/aromatic N) is 2. The van der Waals surface area contributed by atoms with Crippen LogP contribution < -0.4 is 14.5 Å². The maximum Gasteiger partial charge on any atom is 0.260 e. The molecule has 0 bridgehead atoms. The Morgan fingerprint density at radius 1 is 1.09 bits per heavy atom. The Kier molecular flexibility index (Phi) is 8.55. The SMILES string of the molecule is Cc1ccc(Cl)cc1N(CC(=O)NN=Cc1ccc(OCc2ccccc2Cl)cc1)S(C)(=O)=O. The number of benzene rings is 3. The third kappa shape index (κ3) is 7.21. The van der Waals surface area contributed by atoms with E-state index < -0.39 is 22.5 Å². The Balaban J connectivity index is 1.58. The van der Waals surface area contributed by atoms with Gasteiger partial charge in [0.25, 0.3) is 5.91 Å². The van der Waals surface area contributed by atoms with Crippen molar-refractivity contribution in [3.63, 3.8) is 0 Å². The lowest BCUT2D eigenvalue weighted by molar-refractivity contribution is -0.119. The number of anilines is 1. The van der Waals surface area contributed by atoms with Crippen LogP contribution in [0, 0.1) is 6.92 Å². The molecule has 0 saturated heterocycles. The van der Waals surface area contributed by atoms with Crippen molar-refractivity contribution in [2.45, 2.75) is 13.5 Å². The molecule has 0 radical (unpaired) electrons. The summed E-state index contributed by atoms with van der Waals surface area (Å²) in [6, 6.07) is 19.4. The number of halogens is 2. The first-order valence-corrected chi connectivity index (χ1v) is 12.8. The van der Waals surface area contributed by atoms with Crippen molar-refractivity contribution < 1.29 is 17.9 Å². The lowest BCUT2D eigenvalue weighted by Crippen LogP contribution is -2.39. The van der Waals surface area contributed by atoms with Crippen molar-refractivity contribution in [3.05, 3.63) is 93.5 Å². The zero-order valence-electron chi connectivity index (χ0n) is 18.5. The maximum atomic E-state index is 12.4. The Morgan fingerprint density at radius 3 is 2.47 bits per heavy atom. The van der Waals surface area contributed by atoms with E-state index in [4.69, 9.17) is 27.9 Å². The summed E-state index contributed by atoms with van der Waals surface area (Å²) in [4.78, 5) is 12.4. The number of amides is 1. The maximum absolute atomic E-state index is 12.4. The predicted molar refractivity (Wildman–Crippen MR) is 136 cm³/mol. The van der Waals surface area contributed by atoms with E-state index in [0.717, 1.165) is 21.7 Å². The van der Waals surface area contributed by atoms with Crippen LogP contribution in [0.15, 0.2) is 71.8 Å². The largest absolute Gasteiger partial charge is 0.489 e. The van der Waals surface area contributed by atoms with Gasteiger partial charge >= 0.3 is 0 Å². The normalized spacial score (nSPS) is 11.4. The molecule has 3 aromatic carbocycles. The Morgan fingerprint density at radius 2 is 1.79 bits per heavy atom. The molecule has 0 saturated carbocycles. The van der Waals surface area contributed by atoms with E-state index in [1.807, 2.05) is 18.2 Å². The van der Waals surface area contributed by atoms with Crippen LogP contribution in [0.3, 0.4) is 0 Å². The highest BCUT2D eigenvalue weighted by atomic mass is 35.5. The van der Waals surface area contributed by atoms with Crippen molar-refractivity contribution in [2.24, 2.45) is 5.10 Å². The number of nitrogens with one attached hydrogen (secondary N) is 1. The minimum absolute atomic E-state index is 0.335. The molecule has 7 nitrogen and oxygen atoms in total. The molecule has 0 aromatic heterocycles. The van der Waals surface area contributed by atoms with E-state index >= 15 is 0 Å². The second kappa shape index (κ2) is 11.4. The number of hydrogen-bond acceptors (Lipinski definition) is 5. The fraction of sp³-hybridized carbons (Fsp3) is 0.167. The summed E-state index contributed by atoms with van der Waals surface area (Å²) in [5.41, 5.74) is 4.96. The van der Waals surface area contributed by atoms with Gasteiger partial charge in [0.1, 0.15) is 18.9 Å². The highest BCUT2D eigenvalue weighted by Crippen LogP contribution is 2.26. The summed E-state index contributed by atoms with van der Waals surface area (Å²) in [7, 11) is -3.72. The van der Waals surface area contributed by atoms with Crippen LogP contribution in [0.1, 0.15) is 16.7 Å². The molecule has 0 aliphatic carbocycles. The third-order valence-electron chi connectivity index (χ3n) is 4.76. The molecule has 0 unspecified atom stereocenters. The van der Waals surface area contributed by atoms with Gasteiger partial charge in [-0.25, -0.2) is 13.8 Å². The molecule has 0 atom stereocenters. The van der Waals surface area contributed by atoms with Gasteiger partial charge in [-0.2, -0.15) is 5.10 Å². The molecule has 3 rings (SSSR count). The van der Waals surface area contributed by atoms with E-state index in [1.54, 1.807) is 49.4 Å². The predicted octanol–water partition coefficient (Wildman–Crippen LogP) is 4.80. The molecular formula is C24H23Cl2N3O4S. The zero-order valence-corrected chi connectivity index (χ0v) is 20.9. The summed E-state index contributed by atoms with van der Waals surface area (Å²) in [5, 5.41) is 4.92. The molecule has 0 aliphatic heterocycles. The number of rotatable bonds is 9. The highest BCUT2D eigenvalue weighted by molar-refractivity contribution is 7.92. The van der Waals surface area contributed by atoms with Crippen LogP contribution in [-0.2, 0) is 21.4 Å². The number of aryl methyl sites for hydroxylation is 1. The second-order valence-corrected chi connectivity index (χ2v) is 10.2. The smallest absolute Gasteiger partial charge is 0.260 e. The van der Waals surface area contributed by atoms with Crippen molar-refractivity contribution >= 4 is 51.0 Å². The summed E-state index contributed by atoms with van der Waals surface area (Å²) in [6.45, 7) is 1.64. The minimum Gasteiger partial charge on any atom is -0.489 e. The summed E-state index contributed by atoms with van der Waals surface area (Å²) in [5.74, 6) is 0.0579. The molecule has 0 fully saturated rings. The molecule has 1 N–H and O–H groups in total. The van der Waals surface area contributed by atoms with Crippen molar-refractivity contribution in [3.8, 4) is 5.75 Å². The van der Waals surface area contributed by atoms with Gasteiger partial charge in [0, 0.05) is 15.6 Å². The zero-order chi connectivity index (χ0) is 24.7. The second-order valence-electron chi connectivity index (χ2n) is 7.44. The standard InChI is InChI=1S/C24H23Cl2N3O4S/c1-17-7-10-20(25)13-23(17)29(34(2,31)32)15-24(30)28-27-14-18-8-11-21(12-9-18)33-16-19-5-3-4-6-22(19)26/h3-14H,15-16H2,1-2H3,(H,28,30). The van der Waals surface area contributed by atoms with E-state index in [9.17, 15) is 13.2 Å². The topological polar surface area (TPSA) is 88.1 Å². The van der Waals surface area contributed by atoms with Gasteiger partial charge in [-0.05, 0) is 60.5 Å². The van der Waals surface area contributed by atoms with Gasteiger partial charge in [-0.1, -0.05) is 47.5 Å². The Labute approximate surface area is 209 Å². The van der Waals surface area contributed by atoms with Gasteiger partial charge in [0.15, 0.2) is 0 Å². The van der Waals surface area contributed by atoms with Crippen LogP contribution in [0.2, 0.25) is 10.0 Å². The Bertz CT molecular complexity index is 1300. The molecule has 0 heterocycles. The van der Waals surface area contributed by atoms with Crippen LogP contribution in [0.25, 0.3) is 0 Å². The van der Waals surface area contributed by atoms with E-state index in [2.05, 4.69) is 10.5 Å². The average Bonchev–Trinajstić information content (AvgIpc) is 2.79. The van der Waals surface area contributed by atoms with Gasteiger partial charge < -0.3 is 4.74 Å². The fourth-order valence-electron chi connectivity index (χ4n) is 3.00. The van der Waals surface area contributed by atoms with Crippen molar-refractivity contribution in [2.75, 3.05) is 17.1 Å². The summed E-state index contributed by atoms with van der Waals surface area (Å²) in [6.07, 6.45) is 2.48. The molecule has 0 spiro atoms. The molecule has 0 aliphatic rings. The quantitative estimate of drug-likeness (QED) is 0.325. The van der Waals surface area contributed by atoms with Gasteiger partial charge in [0.05, 0.1) is 18.2 Å². The number of hydrogen-bond donors (Lipinski definition) is 1. The average molecular weight is 520 g/mol. The van der Waals surface area contributed by atoms with Crippen molar-refractivity contribution in [1.82, 2.24) is 5.43 Å².